The van der Waals surface area contributed by atoms with Gasteiger partial charge < -0.3 is 19.5 Å². The van der Waals surface area contributed by atoms with Gasteiger partial charge in [0.15, 0.2) is 6.61 Å². The van der Waals surface area contributed by atoms with Crippen LogP contribution >= 0.6 is 0 Å². The Labute approximate surface area is 178 Å². The van der Waals surface area contributed by atoms with Crippen LogP contribution in [-0.4, -0.2) is 39.1 Å². The first-order valence-corrected chi connectivity index (χ1v) is 9.34. The van der Waals surface area contributed by atoms with Crippen molar-refractivity contribution in [2.45, 2.75) is 0 Å². The van der Waals surface area contributed by atoms with Crippen molar-refractivity contribution in [1.82, 2.24) is 19.5 Å². The fourth-order valence-corrected chi connectivity index (χ4v) is 2.69. The molecule has 4 rings (SSSR count). The standard InChI is InChI=1S/C22H19N5O4/c1-29-18-3-2-4-19(11-18)30-13-21(28)26-16-5-7-17(8-6-16)31-22-12-20(24-14-25-22)27-10-9-23-15-27/h2-12,14-15H,13H2,1H3,(H,26,28). The topological polar surface area (TPSA) is 100 Å². The van der Waals surface area contributed by atoms with E-state index in [1.165, 1.54) is 6.33 Å². The zero-order valence-corrected chi connectivity index (χ0v) is 16.6. The third kappa shape index (κ3) is 5.36. The lowest BCUT2D eigenvalue weighted by molar-refractivity contribution is -0.118. The molecular formula is C22H19N5O4. The first kappa shape index (κ1) is 19.9. The fourth-order valence-electron chi connectivity index (χ4n) is 2.69. The number of rotatable bonds is 8. The number of anilines is 1. The summed E-state index contributed by atoms with van der Waals surface area (Å²) in [6, 6.07) is 15.7. The van der Waals surface area contributed by atoms with Gasteiger partial charge in [-0.25, -0.2) is 15.0 Å². The summed E-state index contributed by atoms with van der Waals surface area (Å²) in [5, 5.41) is 2.77. The molecule has 1 N–H and O–H groups in total. The predicted octanol–water partition coefficient (Wildman–Crippen LogP) is 3.48. The molecule has 0 bridgehead atoms. The third-order valence-electron chi connectivity index (χ3n) is 4.17. The molecule has 0 aliphatic rings. The number of imidazole rings is 1. The average Bonchev–Trinajstić information content (AvgIpc) is 3.35. The second kappa shape index (κ2) is 9.40. The number of benzene rings is 2. The van der Waals surface area contributed by atoms with Crippen molar-refractivity contribution < 1.29 is 19.0 Å². The van der Waals surface area contributed by atoms with Gasteiger partial charge in [0.1, 0.15) is 35.7 Å². The number of nitrogens with one attached hydrogen (secondary N) is 1. The third-order valence-corrected chi connectivity index (χ3v) is 4.17. The highest BCUT2D eigenvalue weighted by Crippen LogP contribution is 2.23. The first-order valence-electron chi connectivity index (χ1n) is 9.34. The summed E-state index contributed by atoms with van der Waals surface area (Å²) < 4.78 is 18.1. The van der Waals surface area contributed by atoms with Gasteiger partial charge in [0.2, 0.25) is 5.88 Å². The van der Waals surface area contributed by atoms with Crippen molar-refractivity contribution in [3.8, 4) is 28.9 Å². The Balaban J connectivity index is 1.32. The number of aromatic nitrogens is 4. The molecule has 0 fully saturated rings. The Hall–Kier alpha value is -4.40. The van der Waals surface area contributed by atoms with Crippen LogP contribution in [0.4, 0.5) is 5.69 Å². The van der Waals surface area contributed by atoms with Crippen molar-refractivity contribution in [1.29, 1.82) is 0 Å². The summed E-state index contributed by atoms with van der Waals surface area (Å²) in [6.45, 7) is -0.122. The van der Waals surface area contributed by atoms with Crippen molar-refractivity contribution in [3.63, 3.8) is 0 Å². The molecule has 0 saturated heterocycles. The lowest BCUT2D eigenvalue weighted by atomic mass is 10.3. The summed E-state index contributed by atoms with van der Waals surface area (Å²) in [7, 11) is 1.57. The van der Waals surface area contributed by atoms with E-state index >= 15 is 0 Å². The van der Waals surface area contributed by atoms with E-state index in [0.29, 0.717) is 34.6 Å². The number of hydrogen-bond acceptors (Lipinski definition) is 7. The van der Waals surface area contributed by atoms with E-state index in [1.807, 2.05) is 0 Å². The van der Waals surface area contributed by atoms with Gasteiger partial charge in [-0.15, -0.1) is 0 Å². The molecule has 0 unspecified atom stereocenters. The minimum atomic E-state index is -0.280. The van der Waals surface area contributed by atoms with Gasteiger partial charge in [-0.2, -0.15) is 0 Å². The van der Waals surface area contributed by atoms with E-state index in [-0.39, 0.29) is 12.5 Å². The van der Waals surface area contributed by atoms with Crippen LogP contribution in [0.5, 0.6) is 23.1 Å². The molecule has 0 saturated carbocycles. The number of hydrogen-bond donors (Lipinski definition) is 1. The molecule has 2 aromatic heterocycles. The smallest absolute Gasteiger partial charge is 0.262 e. The zero-order chi connectivity index (χ0) is 21.5. The van der Waals surface area contributed by atoms with Crippen LogP contribution in [0.15, 0.2) is 79.6 Å². The van der Waals surface area contributed by atoms with Crippen LogP contribution < -0.4 is 19.5 Å². The van der Waals surface area contributed by atoms with Crippen LogP contribution in [0.25, 0.3) is 5.82 Å². The molecule has 4 aromatic rings. The highest BCUT2D eigenvalue weighted by Gasteiger charge is 2.07. The van der Waals surface area contributed by atoms with E-state index < -0.39 is 0 Å². The van der Waals surface area contributed by atoms with E-state index in [4.69, 9.17) is 14.2 Å². The minimum absolute atomic E-state index is 0.122. The van der Waals surface area contributed by atoms with Gasteiger partial charge in [-0.1, -0.05) is 6.07 Å². The largest absolute Gasteiger partial charge is 0.497 e. The lowest BCUT2D eigenvalue weighted by Crippen LogP contribution is -2.20. The normalized spacial score (nSPS) is 10.4. The Bertz CT molecular complexity index is 1150. The average molecular weight is 417 g/mol. The minimum Gasteiger partial charge on any atom is -0.497 e. The van der Waals surface area contributed by atoms with Gasteiger partial charge in [0.05, 0.1) is 7.11 Å². The lowest BCUT2D eigenvalue weighted by Gasteiger charge is -2.10. The molecule has 0 aliphatic carbocycles. The Morgan fingerprint density at radius 1 is 1.03 bits per heavy atom. The maximum absolute atomic E-state index is 12.1. The molecular weight excluding hydrogens is 398 g/mol. The molecule has 9 heteroatoms. The Morgan fingerprint density at radius 2 is 1.87 bits per heavy atom. The van der Waals surface area contributed by atoms with E-state index in [0.717, 1.165) is 0 Å². The molecule has 0 atom stereocenters. The number of ether oxygens (including phenoxy) is 3. The maximum atomic E-state index is 12.1. The van der Waals surface area contributed by atoms with Gasteiger partial charge >= 0.3 is 0 Å². The fraction of sp³-hybridized carbons (Fsp3) is 0.0909. The SMILES string of the molecule is COc1cccc(OCC(=O)Nc2ccc(Oc3cc(-n4ccnc4)ncn3)cc2)c1. The van der Waals surface area contributed by atoms with Crippen LogP contribution in [0.3, 0.4) is 0 Å². The molecule has 31 heavy (non-hydrogen) atoms. The number of nitrogens with zero attached hydrogens (tertiary/aromatic N) is 4. The quantitative estimate of drug-likeness (QED) is 0.468. The van der Waals surface area contributed by atoms with Crippen molar-refractivity contribution in [3.05, 3.63) is 79.6 Å². The highest BCUT2D eigenvalue weighted by atomic mass is 16.5. The van der Waals surface area contributed by atoms with Crippen LogP contribution in [0.1, 0.15) is 0 Å². The number of carbonyl (C=O) groups is 1. The second-order valence-corrected chi connectivity index (χ2v) is 6.33. The summed E-state index contributed by atoms with van der Waals surface area (Å²) in [4.78, 5) is 24.4. The first-order chi connectivity index (χ1) is 15.2. The van der Waals surface area contributed by atoms with E-state index in [9.17, 15) is 4.79 Å². The van der Waals surface area contributed by atoms with Gasteiger partial charge in [-0.3, -0.25) is 9.36 Å². The van der Waals surface area contributed by atoms with E-state index in [2.05, 4.69) is 20.3 Å². The highest BCUT2D eigenvalue weighted by molar-refractivity contribution is 5.91. The summed E-state index contributed by atoms with van der Waals surface area (Å²) in [5.74, 6) is 2.54. The van der Waals surface area contributed by atoms with Gasteiger partial charge in [-0.05, 0) is 36.4 Å². The maximum Gasteiger partial charge on any atom is 0.262 e. The van der Waals surface area contributed by atoms with Crippen LogP contribution in [0.2, 0.25) is 0 Å². The number of methoxy groups -OCH3 is 1. The zero-order valence-electron chi connectivity index (χ0n) is 16.6. The number of amides is 1. The van der Waals surface area contributed by atoms with E-state index in [1.54, 1.807) is 85.0 Å². The Kier molecular flexibility index (Phi) is 6.03. The Morgan fingerprint density at radius 3 is 2.65 bits per heavy atom. The molecule has 0 aliphatic heterocycles. The van der Waals surface area contributed by atoms with Gasteiger partial charge in [0.25, 0.3) is 5.91 Å². The van der Waals surface area contributed by atoms with Crippen molar-refractivity contribution in [2.75, 3.05) is 19.0 Å². The molecule has 156 valence electrons. The monoisotopic (exact) mass is 417 g/mol. The molecule has 2 aromatic carbocycles. The molecule has 2 heterocycles. The second-order valence-electron chi connectivity index (χ2n) is 6.33. The molecule has 0 radical (unpaired) electrons. The van der Waals surface area contributed by atoms with Crippen LogP contribution in [0, 0.1) is 0 Å². The van der Waals surface area contributed by atoms with Crippen LogP contribution in [-0.2, 0) is 4.79 Å². The molecule has 1 amide bonds. The van der Waals surface area contributed by atoms with Crippen molar-refractivity contribution >= 4 is 11.6 Å². The summed E-state index contributed by atoms with van der Waals surface area (Å²) >= 11 is 0. The number of carbonyl (C=O) groups excluding carboxylic acids is 1. The van der Waals surface area contributed by atoms with Gasteiger partial charge in [0, 0.05) is 30.2 Å². The molecule has 9 nitrogen and oxygen atoms in total. The summed E-state index contributed by atoms with van der Waals surface area (Å²) in [6.07, 6.45) is 6.50. The predicted molar refractivity (Wildman–Crippen MR) is 113 cm³/mol. The molecule has 0 spiro atoms. The van der Waals surface area contributed by atoms with Crippen molar-refractivity contribution in [2.24, 2.45) is 0 Å². The summed E-state index contributed by atoms with van der Waals surface area (Å²) in [5.41, 5.74) is 0.619.